The number of hydrogen-bond acceptors (Lipinski definition) is 4. The molecule has 0 aliphatic heterocycles. The second-order valence-electron chi connectivity index (χ2n) is 2.31. The van der Waals surface area contributed by atoms with Crippen molar-refractivity contribution in [2.75, 3.05) is 0 Å². The average molecular weight is 195 g/mol. The van der Waals surface area contributed by atoms with E-state index in [0.29, 0.717) is 0 Å². The van der Waals surface area contributed by atoms with Crippen LogP contribution in [0.5, 0.6) is 0 Å². The third-order valence-electron chi connectivity index (χ3n) is 1.52. The molecular weight excluding hydrogens is 192 g/mol. The van der Waals surface area contributed by atoms with Gasteiger partial charge >= 0.3 is 17.1 Å². The fourth-order valence-electron chi connectivity index (χ4n) is 0.965. The van der Waals surface area contributed by atoms with E-state index in [1.807, 2.05) is 0 Å². The van der Waals surface area contributed by atoms with E-state index in [4.69, 9.17) is 5.53 Å². The van der Waals surface area contributed by atoms with Crippen LogP contribution in [0.2, 0.25) is 0 Å². The molecule has 0 unspecified atom stereocenters. The van der Waals surface area contributed by atoms with Crippen LogP contribution in [0.4, 0.5) is 0 Å². The standard InChI is InChI=1S/C6H3N4O4/c7-8-4-2-1-3-5(9(11)12)6(4)10(13)14/h1H,2H2. The zero-order chi connectivity index (χ0) is 10.7. The number of allylic oxidation sites excluding steroid dienone is 3. The first kappa shape index (κ1) is 9.75. The third-order valence-corrected chi connectivity index (χ3v) is 1.52. The molecule has 0 saturated carbocycles. The van der Waals surface area contributed by atoms with Crippen molar-refractivity contribution >= 4 is 5.71 Å². The Morgan fingerprint density at radius 3 is 2.50 bits per heavy atom. The van der Waals surface area contributed by atoms with E-state index in [1.54, 1.807) is 0 Å². The summed E-state index contributed by atoms with van der Waals surface area (Å²) < 4.78 is 0. The smallest absolute Gasteiger partial charge is 0.361 e. The van der Waals surface area contributed by atoms with Crippen LogP contribution >= 0.6 is 0 Å². The van der Waals surface area contributed by atoms with Crippen molar-refractivity contribution in [3.05, 3.63) is 49.3 Å². The number of hydrogen-bond donors (Lipinski definition) is 0. The lowest BCUT2D eigenvalue weighted by atomic mass is 10.1. The summed E-state index contributed by atoms with van der Waals surface area (Å²) in [6.07, 6.45) is 3.28. The summed E-state index contributed by atoms with van der Waals surface area (Å²) in [6, 6.07) is 0. The van der Waals surface area contributed by atoms with Crippen LogP contribution in [0, 0.1) is 26.3 Å². The molecule has 1 rings (SSSR count). The van der Waals surface area contributed by atoms with E-state index in [2.05, 4.69) is 10.9 Å². The average Bonchev–Trinajstić information content (AvgIpc) is 2.16. The molecule has 71 valence electrons. The second kappa shape index (κ2) is 3.58. The van der Waals surface area contributed by atoms with E-state index < -0.39 is 21.2 Å². The maximum atomic E-state index is 10.4. The Morgan fingerprint density at radius 2 is 2.07 bits per heavy atom. The molecular formula is C6H3N4O4. The first-order valence-electron chi connectivity index (χ1n) is 3.40. The lowest BCUT2D eigenvalue weighted by molar-refractivity contribution is -0.463. The van der Waals surface area contributed by atoms with Gasteiger partial charge in [0, 0.05) is 0 Å². The highest BCUT2D eigenvalue weighted by Gasteiger charge is 2.40. The highest BCUT2D eigenvalue weighted by atomic mass is 16.6. The highest BCUT2D eigenvalue weighted by molar-refractivity contribution is 5.96. The normalized spacial score (nSPS) is 15.3. The molecule has 0 bridgehead atoms. The van der Waals surface area contributed by atoms with Crippen LogP contribution < -0.4 is 0 Å². The van der Waals surface area contributed by atoms with Crippen molar-refractivity contribution in [1.82, 2.24) is 0 Å². The van der Waals surface area contributed by atoms with Gasteiger partial charge in [-0.05, 0) is 0 Å². The quantitative estimate of drug-likeness (QED) is 0.270. The molecule has 0 N–H and O–H groups in total. The molecule has 0 aromatic rings. The van der Waals surface area contributed by atoms with E-state index in [1.165, 1.54) is 6.08 Å². The zero-order valence-electron chi connectivity index (χ0n) is 6.71. The maximum Gasteiger partial charge on any atom is 0.430 e. The van der Waals surface area contributed by atoms with Gasteiger partial charge in [-0.3, -0.25) is 20.2 Å². The van der Waals surface area contributed by atoms with Crippen molar-refractivity contribution in [2.45, 2.75) is 6.42 Å². The van der Waals surface area contributed by atoms with E-state index in [-0.39, 0.29) is 12.1 Å². The minimum Gasteiger partial charge on any atom is -0.361 e. The molecule has 8 heteroatoms. The van der Waals surface area contributed by atoms with E-state index in [9.17, 15) is 20.2 Å². The molecule has 0 amide bonds. The summed E-state index contributed by atoms with van der Waals surface area (Å²) in [5.74, 6) is 0. The van der Waals surface area contributed by atoms with Crippen LogP contribution in [-0.2, 0) is 0 Å². The predicted octanol–water partition coefficient (Wildman–Crippen LogP) is 0.185. The van der Waals surface area contributed by atoms with E-state index in [0.717, 1.165) is 0 Å². The summed E-state index contributed by atoms with van der Waals surface area (Å²) in [7, 11) is 0. The minimum absolute atomic E-state index is 0.0514. The molecule has 0 heterocycles. The SMILES string of the molecule is [N-]=[N+]=C1CC=[C]C([N+](=O)[O-])=C1[N+](=O)[O-]. The molecule has 8 nitrogen and oxygen atoms in total. The Hall–Kier alpha value is -2.34. The fraction of sp³-hybridized carbons (Fsp3) is 0.167. The largest absolute Gasteiger partial charge is 0.430 e. The summed E-state index contributed by atoms with van der Waals surface area (Å²) in [4.78, 5) is 21.5. The predicted molar refractivity (Wildman–Crippen MR) is 42.1 cm³/mol. The highest BCUT2D eigenvalue weighted by Crippen LogP contribution is 2.15. The van der Waals surface area contributed by atoms with E-state index >= 15 is 0 Å². The second-order valence-corrected chi connectivity index (χ2v) is 2.31. The molecule has 0 aromatic carbocycles. The summed E-state index contributed by atoms with van der Waals surface area (Å²) in [6.45, 7) is 0. The van der Waals surface area contributed by atoms with Crippen molar-refractivity contribution in [2.24, 2.45) is 0 Å². The topological polar surface area (TPSA) is 123 Å². The number of rotatable bonds is 2. The Morgan fingerprint density at radius 1 is 1.43 bits per heavy atom. The third kappa shape index (κ3) is 1.54. The van der Waals surface area contributed by atoms with Gasteiger partial charge < -0.3 is 5.53 Å². The number of nitro groups is 2. The molecule has 1 aliphatic rings. The monoisotopic (exact) mass is 195 g/mol. The van der Waals surface area contributed by atoms with Gasteiger partial charge in [0.05, 0.1) is 22.3 Å². The lowest BCUT2D eigenvalue weighted by Gasteiger charge is -1.97. The molecule has 0 fully saturated rings. The molecule has 1 aliphatic carbocycles. The maximum absolute atomic E-state index is 10.4. The summed E-state index contributed by atoms with van der Waals surface area (Å²) >= 11 is 0. The molecule has 14 heavy (non-hydrogen) atoms. The van der Waals surface area contributed by atoms with Crippen molar-refractivity contribution in [3.63, 3.8) is 0 Å². The summed E-state index contributed by atoms with van der Waals surface area (Å²) in [5.41, 5.74) is 6.43. The van der Waals surface area contributed by atoms with Gasteiger partial charge in [-0.1, -0.05) is 6.08 Å². The van der Waals surface area contributed by atoms with Gasteiger partial charge in [0.15, 0.2) is 0 Å². The van der Waals surface area contributed by atoms with Crippen LogP contribution in [0.3, 0.4) is 0 Å². The van der Waals surface area contributed by atoms with Crippen molar-refractivity contribution in [1.29, 1.82) is 0 Å². The van der Waals surface area contributed by atoms with Gasteiger partial charge in [-0.2, -0.15) is 4.79 Å². The molecule has 0 aromatic heterocycles. The Balaban J connectivity index is 3.41. The van der Waals surface area contributed by atoms with Gasteiger partial charge in [0.2, 0.25) is 0 Å². The molecule has 1 radical (unpaired) electrons. The van der Waals surface area contributed by atoms with Crippen LogP contribution in [0.1, 0.15) is 6.42 Å². The first-order valence-corrected chi connectivity index (χ1v) is 3.40. The summed E-state index contributed by atoms with van der Waals surface area (Å²) in [5, 5.41) is 20.8. The Kier molecular flexibility index (Phi) is 2.49. The van der Waals surface area contributed by atoms with Gasteiger partial charge in [-0.15, -0.1) is 0 Å². The van der Waals surface area contributed by atoms with Gasteiger partial charge in [0.25, 0.3) is 0 Å². The van der Waals surface area contributed by atoms with Gasteiger partial charge in [0.1, 0.15) is 0 Å². The lowest BCUT2D eigenvalue weighted by Crippen LogP contribution is -2.20. The minimum atomic E-state index is -0.965. The van der Waals surface area contributed by atoms with Crippen LogP contribution in [-0.4, -0.2) is 20.3 Å². The van der Waals surface area contributed by atoms with Gasteiger partial charge in [-0.25, -0.2) is 0 Å². The molecule has 0 atom stereocenters. The molecule has 0 saturated heterocycles. The Labute approximate surface area is 77.1 Å². The number of nitrogens with zero attached hydrogens (tertiary/aromatic N) is 4. The fourth-order valence-corrected chi connectivity index (χ4v) is 0.965. The van der Waals surface area contributed by atoms with Crippen LogP contribution in [0.25, 0.3) is 5.53 Å². The Bertz CT molecular complexity index is 416. The van der Waals surface area contributed by atoms with Crippen molar-refractivity contribution in [3.8, 4) is 0 Å². The first-order chi connectivity index (χ1) is 6.57. The van der Waals surface area contributed by atoms with Crippen LogP contribution in [0.15, 0.2) is 17.5 Å². The molecule has 0 spiro atoms. The van der Waals surface area contributed by atoms with Crippen molar-refractivity contribution < 1.29 is 14.6 Å². The zero-order valence-corrected chi connectivity index (χ0v) is 6.71.